The Morgan fingerprint density at radius 2 is 2.05 bits per heavy atom. The number of nitrogens with zero attached hydrogens (tertiary/aromatic N) is 2. The molecule has 5 nitrogen and oxygen atoms in total. The molecular formula is C16H15ClN2O3. The molecule has 2 rings (SSSR count). The Balaban J connectivity index is 2.33. The van der Waals surface area contributed by atoms with Gasteiger partial charge in [0, 0.05) is 6.20 Å². The number of aromatic nitrogens is 2. The monoisotopic (exact) mass is 318 g/mol. The summed E-state index contributed by atoms with van der Waals surface area (Å²) in [5, 5.41) is 18.8. The Kier molecular flexibility index (Phi) is 4.78. The van der Waals surface area contributed by atoms with Crippen molar-refractivity contribution in [3.05, 3.63) is 52.1 Å². The second-order valence-electron chi connectivity index (χ2n) is 5.03. The van der Waals surface area contributed by atoms with E-state index in [1.165, 1.54) is 12.3 Å². The Labute approximate surface area is 132 Å². The van der Waals surface area contributed by atoms with Gasteiger partial charge in [-0.3, -0.25) is 0 Å². The highest BCUT2D eigenvalue weighted by atomic mass is 35.5. The standard InChI is InChI=1S/C16H15ClN2O3/c1-9(2)15-11(16(21)22)8-18-14(19-15)6-4-10-3-5-13(20)12(17)7-10/h3-9,20H,1-2H3,(H,21,22)/b6-4-. The van der Waals surface area contributed by atoms with Crippen molar-refractivity contribution < 1.29 is 15.0 Å². The summed E-state index contributed by atoms with van der Waals surface area (Å²) in [4.78, 5) is 19.5. The van der Waals surface area contributed by atoms with Crippen molar-refractivity contribution in [1.29, 1.82) is 0 Å². The van der Waals surface area contributed by atoms with E-state index < -0.39 is 5.97 Å². The summed E-state index contributed by atoms with van der Waals surface area (Å²) in [7, 11) is 0. The van der Waals surface area contributed by atoms with Gasteiger partial charge in [0.25, 0.3) is 0 Å². The summed E-state index contributed by atoms with van der Waals surface area (Å²) >= 11 is 5.84. The number of aromatic carboxylic acids is 1. The normalized spacial score (nSPS) is 11.3. The van der Waals surface area contributed by atoms with E-state index in [1.807, 2.05) is 13.8 Å². The van der Waals surface area contributed by atoms with Crippen LogP contribution >= 0.6 is 11.6 Å². The van der Waals surface area contributed by atoms with E-state index in [0.717, 1.165) is 5.56 Å². The van der Waals surface area contributed by atoms with E-state index in [0.29, 0.717) is 11.5 Å². The average Bonchev–Trinajstić information content (AvgIpc) is 2.48. The lowest BCUT2D eigenvalue weighted by atomic mass is 10.1. The van der Waals surface area contributed by atoms with Gasteiger partial charge in [0.2, 0.25) is 0 Å². The number of phenolic OH excluding ortho intramolecular Hbond substituents is 1. The van der Waals surface area contributed by atoms with Gasteiger partial charge in [0.15, 0.2) is 5.82 Å². The molecule has 0 amide bonds. The van der Waals surface area contributed by atoms with Crippen LogP contribution in [0.1, 0.15) is 47.2 Å². The molecule has 1 aromatic carbocycles. The number of aromatic hydroxyl groups is 1. The van der Waals surface area contributed by atoms with Gasteiger partial charge in [-0.15, -0.1) is 0 Å². The molecule has 0 atom stereocenters. The molecule has 1 aromatic heterocycles. The molecular weight excluding hydrogens is 304 g/mol. The van der Waals surface area contributed by atoms with Gasteiger partial charge in [-0.1, -0.05) is 37.6 Å². The van der Waals surface area contributed by atoms with Crippen LogP contribution < -0.4 is 0 Å². The number of benzene rings is 1. The highest BCUT2D eigenvalue weighted by molar-refractivity contribution is 6.32. The molecule has 114 valence electrons. The molecule has 0 saturated carbocycles. The van der Waals surface area contributed by atoms with Gasteiger partial charge in [-0.2, -0.15) is 0 Å². The lowest BCUT2D eigenvalue weighted by Crippen LogP contribution is -2.08. The molecule has 0 fully saturated rings. The highest BCUT2D eigenvalue weighted by Crippen LogP contribution is 2.24. The third-order valence-electron chi connectivity index (χ3n) is 3.01. The lowest BCUT2D eigenvalue weighted by molar-refractivity contribution is 0.0694. The van der Waals surface area contributed by atoms with Crippen molar-refractivity contribution >= 4 is 29.7 Å². The molecule has 0 aliphatic heterocycles. The SMILES string of the molecule is CC(C)c1nc(/C=C\c2ccc(O)c(Cl)c2)ncc1C(=O)O. The number of hydrogen-bond donors (Lipinski definition) is 2. The molecule has 2 N–H and O–H groups in total. The summed E-state index contributed by atoms with van der Waals surface area (Å²) in [5.41, 5.74) is 1.38. The van der Waals surface area contributed by atoms with Crippen LogP contribution in [0.2, 0.25) is 5.02 Å². The first-order valence-corrected chi connectivity index (χ1v) is 7.03. The topological polar surface area (TPSA) is 83.3 Å². The summed E-state index contributed by atoms with van der Waals surface area (Å²) in [6.07, 6.45) is 4.72. The van der Waals surface area contributed by atoms with Crippen molar-refractivity contribution in [2.45, 2.75) is 19.8 Å². The van der Waals surface area contributed by atoms with Crippen molar-refractivity contribution in [1.82, 2.24) is 9.97 Å². The second kappa shape index (κ2) is 6.58. The molecule has 0 radical (unpaired) electrons. The molecule has 1 heterocycles. The smallest absolute Gasteiger partial charge is 0.339 e. The van der Waals surface area contributed by atoms with Crippen molar-refractivity contribution in [2.75, 3.05) is 0 Å². The van der Waals surface area contributed by atoms with E-state index in [-0.39, 0.29) is 22.3 Å². The molecule has 0 bridgehead atoms. The molecule has 2 aromatic rings. The fourth-order valence-electron chi connectivity index (χ4n) is 1.89. The Bertz CT molecular complexity index is 742. The van der Waals surface area contributed by atoms with Crippen LogP contribution in [0.25, 0.3) is 12.2 Å². The van der Waals surface area contributed by atoms with Crippen molar-refractivity contribution in [3.63, 3.8) is 0 Å². The first-order chi connectivity index (χ1) is 10.4. The summed E-state index contributed by atoms with van der Waals surface area (Å²) in [5.74, 6) is -0.630. The van der Waals surface area contributed by atoms with Crippen LogP contribution in [0.3, 0.4) is 0 Å². The van der Waals surface area contributed by atoms with Crippen LogP contribution in [0, 0.1) is 0 Å². The minimum Gasteiger partial charge on any atom is -0.506 e. The molecule has 0 aliphatic carbocycles. The van der Waals surface area contributed by atoms with Crippen LogP contribution in [0.15, 0.2) is 24.4 Å². The third kappa shape index (κ3) is 3.62. The molecule has 0 saturated heterocycles. The predicted octanol–water partition coefficient (Wildman–Crippen LogP) is 3.83. The largest absolute Gasteiger partial charge is 0.506 e. The molecule has 22 heavy (non-hydrogen) atoms. The van der Waals surface area contributed by atoms with E-state index in [9.17, 15) is 9.90 Å². The third-order valence-corrected chi connectivity index (χ3v) is 3.31. The van der Waals surface area contributed by atoms with Gasteiger partial charge in [0.05, 0.1) is 16.3 Å². The lowest BCUT2D eigenvalue weighted by Gasteiger charge is -2.08. The second-order valence-corrected chi connectivity index (χ2v) is 5.44. The maximum atomic E-state index is 11.1. The number of phenols is 1. The van der Waals surface area contributed by atoms with Crippen LogP contribution in [0.5, 0.6) is 5.75 Å². The van der Waals surface area contributed by atoms with Gasteiger partial charge >= 0.3 is 5.97 Å². The summed E-state index contributed by atoms with van der Waals surface area (Å²) < 4.78 is 0. The molecule has 6 heteroatoms. The Morgan fingerprint density at radius 3 is 2.64 bits per heavy atom. The number of carboxylic acid groups (broad SMARTS) is 1. The zero-order valence-corrected chi connectivity index (χ0v) is 12.9. The molecule has 0 aliphatic rings. The fraction of sp³-hybridized carbons (Fsp3) is 0.188. The molecule has 0 unspecified atom stereocenters. The van der Waals surface area contributed by atoms with Gasteiger partial charge < -0.3 is 10.2 Å². The van der Waals surface area contributed by atoms with Crippen LogP contribution in [-0.4, -0.2) is 26.2 Å². The fourth-order valence-corrected chi connectivity index (χ4v) is 2.08. The number of carboxylic acids is 1. The van der Waals surface area contributed by atoms with Gasteiger partial charge in [-0.05, 0) is 29.7 Å². The number of halogens is 1. The van der Waals surface area contributed by atoms with Gasteiger partial charge in [0.1, 0.15) is 5.75 Å². The quantitative estimate of drug-likeness (QED) is 0.895. The average molecular weight is 319 g/mol. The van der Waals surface area contributed by atoms with Crippen molar-refractivity contribution in [3.8, 4) is 5.75 Å². The van der Waals surface area contributed by atoms with E-state index in [4.69, 9.17) is 16.7 Å². The maximum Gasteiger partial charge on any atom is 0.339 e. The zero-order valence-electron chi connectivity index (χ0n) is 12.1. The zero-order chi connectivity index (χ0) is 16.3. The summed E-state index contributed by atoms with van der Waals surface area (Å²) in [6, 6.07) is 4.81. The maximum absolute atomic E-state index is 11.1. The van der Waals surface area contributed by atoms with Crippen molar-refractivity contribution in [2.24, 2.45) is 0 Å². The van der Waals surface area contributed by atoms with Gasteiger partial charge in [-0.25, -0.2) is 14.8 Å². The minimum atomic E-state index is -1.04. The Hall–Kier alpha value is -2.40. The summed E-state index contributed by atoms with van der Waals surface area (Å²) in [6.45, 7) is 3.75. The van der Waals surface area contributed by atoms with E-state index in [2.05, 4.69) is 9.97 Å². The number of rotatable bonds is 4. The number of hydrogen-bond acceptors (Lipinski definition) is 4. The van der Waals surface area contributed by atoms with Crippen LogP contribution in [-0.2, 0) is 0 Å². The first-order valence-electron chi connectivity index (χ1n) is 6.65. The highest BCUT2D eigenvalue weighted by Gasteiger charge is 2.15. The van der Waals surface area contributed by atoms with E-state index in [1.54, 1.807) is 24.3 Å². The first kappa shape index (κ1) is 16.0. The molecule has 0 spiro atoms. The van der Waals surface area contributed by atoms with Crippen LogP contribution in [0.4, 0.5) is 0 Å². The number of carbonyl (C=O) groups is 1. The predicted molar refractivity (Wildman–Crippen MR) is 85.1 cm³/mol. The minimum absolute atomic E-state index is 0.0166. The Morgan fingerprint density at radius 1 is 1.32 bits per heavy atom. The van der Waals surface area contributed by atoms with E-state index >= 15 is 0 Å².